The summed E-state index contributed by atoms with van der Waals surface area (Å²) < 4.78 is 7.74. The summed E-state index contributed by atoms with van der Waals surface area (Å²) >= 11 is 0. The molecule has 160 valence electrons. The summed E-state index contributed by atoms with van der Waals surface area (Å²) in [5, 5.41) is 0. The molecule has 1 aliphatic heterocycles. The summed E-state index contributed by atoms with van der Waals surface area (Å²) in [5.41, 5.74) is 3.60. The van der Waals surface area contributed by atoms with Gasteiger partial charge in [-0.3, -0.25) is 4.90 Å². The van der Waals surface area contributed by atoms with E-state index in [9.17, 15) is 0 Å². The van der Waals surface area contributed by atoms with Gasteiger partial charge in [-0.25, -0.2) is 4.98 Å². The van der Waals surface area contributed by atoms with Crippen molar-refractivity contribution in [1.29, 1.82) is 0 Å². The van der Waals surface area contributed by atoms with Gasteiger partial charge in [0.25, 0.3) is 0 Å². The molecule has 3 aromatic rings. The minimum atomic E-state index is 0.719. The second-order valence-electron chi connectivity index (χ2n) is 8.64. The van der Waals surface area contributed by atoms with Crippen molar-refractivity contribution in [2.45, 2.75) is 25.8 Å². The lowest BCUT2D eigenvalue weighted by molar-refractivity contribution is 0.141. The lowest BCUT2D eigenvalue weighted by atomic mass is 9.97. The zero-order chi connectivity index (χ0) is 20.9. The fourth-order valence-corrected chi connectivity index (χ4v) is 4.78. The highest BCUT2D eigenvalue weighted by atomic mass is 16.5. The molecule has 0 aliphatic carbocycles. The number of ether oxygens (including phenoxy) is 1. The predicted octanol–water partition coefficient (Wildman–Crippen LogP) is 3.97. The van der Waals surface area contributed by atoms with E-state index in [1.54, 1.807) is 7.11 Å². The predicted molar refractivity (Wildman–Crippen MR) is 123 cm³/mol. The number of aromatic nitrogens is 2. The van der Waals surface area contributed by atoms with Gasteiger partial charge in [-0.15, -0.1) is 0 Å². The first-order valence-electron chi connectivity index (χ1n) is 11.1. The van der Waals surface area contributed by atoms with Crippen molar-refractivity contribution < 1.29 is 4.74 Å². The molecular weight excluding hydrogens is 372 g/mol. The van der Waals surface area contributed by atoms with Gasteiger partial charge in [0.15, 0.2) is 0 Å². The Kier molecular flexibility index (Phi) is 6.70. The van der Waals surface area contributed by atoms with Crippen LogP contribution in [0.2, 0.25) is 0 Å². The van der Waals surface area contributed by atoms with Crippen LogP contribution in [0.3, 0.4) is 0 Å². The molecule has 0 bridgehead atoms. The van der Waals surface area contributed by atoms with E-state index < -0.39 is 0 Å². The van der Waals surface area contributed by atoms with Gasteiger partial charge in [-0.1, -0.05) is 30.3 Å². The Morgan fingerprint density at radius 1 is 1.13 bits per heavy atom. The Morgan fingerprint density at radius 3 is 2.77 bits per heavy atom. The number of fused-ring (bicyclic) bond motifs is 1. The van der Waals surface area contributed by atoms with Crippen molar-refractivity contribution in [3.8, 4) is 5.75 Å². The molecular formula is C25H34N4O. The van der Waals surface area contributed by atoms with Crippen molar-refractivity contribution >= 4 is 11.0 Å². The van der Waals surface area contributed by atoms with Crippen LogP contribution >= 0.6 is 0 Å². The standard InChI is InChI=1S/C25H34N4O/c1-27(19-25-26-22-11-5-6-12-23(22)28(25)2)17-20-9-8-15-29(18-20)16-14-21-10-4-7-13-24(21)30-3/h4-7,10-13,20H,8-9,14-19H2,1-3H3/t20-/m1/s1. The number of piperidine rings is 1. The average molecular weight is 407 g/mol. The van der Waals surface area contributed by atoms with Crippen molar-refractivity contribution in [2.75, 3.05) is 40.3 Å². The van der Waals surface area contributed by atoms with Crippen LogP contribution < -0.4 is 4.74 Å². The SMILES string of the molecule is COc1ccccc1CCN1CCC[C@H](CN(C)Cc2nc3ccccc3n2C)C1. The molecule has 2 aromatic carbocycles. The first-order valence-corrected chi connectivity index (χ1v) is 11.1. The summed E-state index contributed by atoms with van der Waals surface area (Å²) in [5.74, 6) is 2.87. The maximum atomic E-state index is 5.51. The van der Waals surface area contributed by atoms with Crippen LogP contribution in [0, 0.1) is 5.92 Å². The second kappa shape index (κ2) is 9.63. The lowest BCUT2D eigenvalue weighted by Gasteiger charge is -2.34. The lowest BCUT2D eigenvalue weighted by Crippen LogP contribution is -2.41. The number of imidazole rings is 1. The molecule has 1 fully saturated rings. The largest absolute Gasteiger partial charge is 0.496 e. The Balaban J connectivity index is 1.30. The molecule has 30 heavy (non-hydrogen) atoms. The third-order valence-electron chi connectivity index (χ3n) is 6.35. The summed E-state index contributed by atoms with van der Waals surface area (Å²) in [7, 11) is 6.11. The van der Waals surface area contributed by atoms with E-state index in [-0.39, 0.29) is 0 Å². The van der Waals surface area contributed by atoms with E-state index >= 15 is 0 Å². The van der Waals surface area contributed by atoms with E-state index in [2.05, 4.69) is 70.9 Å². The number of aryl methyl sites for hydroxylation is 1. The van der Waals surface area contributed by atoms with Gasteiger partial charge in [0, 0.05) is 26.7 Å². The molecule has 1 atom stereocenters. The minimum absolute atomic E-state index is 0.719. The van der Waals surface area contributed by atoms with Crippen LogP contribution in [0.4, 0.5) is 0 Å². The maximum Gasteiger partial charge on any atom is 0.123 e. The minimum Gasteiger partial charge on any atom is -0.496 e. The first-order chi connectivity index (χ1) is 14.6. The summed E-state index contributed by atoms with van der Waals surface area (Å²) in [6.45, 7) is 5.50. The maximum absolute atomic E-state index is 5.51. The van der Waals surface area contributed by atoms with E-state index in [0.29, 0.717) is 0 Å². The number of hydrogen-bond acceptors (Lipinski definition) is 4. The Hall–Kier alpha value is -2.37. The van der Waals surface area contributed by atoms with E-state index in [1.807, 2.05) is 6.07 Å². The van der Waals surface area contributed by atoms with Gasteiger partial charge < -0.3 is 14.2 Å². The quantitative estimate of drug-likeness (QED) is 0.567. The Labute approximate surface area is 180 Å². The summed E-state index contributed by atoms with van der Waals surface area (Å²) in [6.07, 6.45) is 3.65. The number of benzene rings is 2. The molecule has 1 saturated heterocycles. The van der Waals surface area contributed by atoms with E-state index in [4.69, 9.17) is 9.72 Å². The van der Waals surface area contributed by atoms with Crippen molar-refractivity contribution in [1.82, 2.24) is 19.4 Å². The van der Waals surface area contributed by atoms with Gasteiger partial charge in [0.2, 0.25) is 0 Å². The Morgan fingerprint density at radius 2 is 1.93 bits per heavy atom. The van der Waals surface area contributed by atoms with Crippen LogP contribution in [0.5, 0.6) is 5.75 Å². The third kappa shape index (κ3) is 4.85. The third-order valence-corrected chi connectivity index (χ3v) is 6.35. The van der Waals surface area contributed by atoms with Crippen LogP contribution in [0.15, 0.2) is 48.5 Å². The molecule has 5 heteroatoms. The molecule has 0 amide bonds. The van der Waals surface area contributed by atoms with Crippen LogP contribution in [-0.4, -0.2) is 59.7 Å². The van der Waals surface area contributed by atoms with Crippen LogP contribution in [0.1, 0.15) is 24.2 Å². The zero-order valence-corrected chi connectivity index (χ0v) is 18.6. The topological polar surface area (TPSA) is 33.5 Å². The van der Waals surface area contributed by atoms with E-state index in [0.717, 1.165) is 49.1 Å². The van der Waals surface area contributed by atoms with E-state index in [1.165, 1.54) is 37.0 Å². The Bertz CT molecular complexity index is 967. The molecule has 0 saturated carbocycles. The van der Waals surface area contributed by atoms with Gasteiger partial charge in [-0.2, -0.15) is 0 Å². The average Bonchev–Trinajstić information content (AvgIpc) is 3.08. The summed E-state index contributed by atoms with van der Waals surface area (Å²) in [6, 6.07) is 16.8. The molecule has 0 unspecified atom stereocenters. The van der Waals surface area contributed by atoms with Gasteiger partial charge in [0.1, 0.15) is 11.6 Å². The van der Waals surface area contributed by atoms with Crippen LogP contribution in [0.25, 0.3) is 11.0 Å². The first kappa shape index (κ1) is 20.9. The molecule has 1 aliphatic rings. The number of nitrogens with zero attached hydrogens (tertiary/aromatic N) is 4. The highest BCUT2D eigenvalue weighted by Gasteiger charge is 2.22. The molecule has 4 rings (SSSR count). The fourth-order valence-electron chi connectivity index (χ4n) is 4.78. The van der Waals surface area contributed by atoms with Crippen molar-refractivity contribution in [2.24, 2.45) is 13.0 Å². The van der Waals surface area contributed by atoms with Gasteiger partial charge in [-0.05, 0) is 62.5 Å². The smallest absolute Gasteiger partial charge is 0.123 e. The number of rotatable bonds is 8. The summed E-state index contributed by atoms with van der Waals surface area (Å²) in [4.78, 5) is 9.91. The fraction of sp³-hybridized carbons (Fsp3) is 0.480. The molecule has 0 N–H and O–H groups in total. The van der Waals surface area contributed by atoms with Gasteiger partial charge in [0.05, 0.1) is 24.7 Å². The molecule has 2 heterocycles. The molecule has 1 aromatic heterocycles. The monoisotopic (exact) mass is 406 g/mol. The molecule has 0 spiro atoms. The number of para-hydroxylation sites is 3. The second-order valence-corrected chi connectivity index (χ2v) is 8.64. The normalized spacial score (nSPS) is 17.7. The number of methoxy groups -OCH3 is 1. The van der Waals surface area contributed by atoms with Crippen molar-refractivity contribution in [3.63, 3.8) is 0 Å². The highest BCUT2D eigenvalue weighted by Crippen LogP contribution is 2.22. The zero-order valence-electron chi connectivity index (χ0n) is 18.6. The number of likely N-dealkylation sites (tertiary alicyclic amines) is 1. The number of hydrogen-bond donors (Lipinski definition) is 0. The van der Waals surface area contributed by atoms with Gasteiger partial charge >= 0.3 is 0 Å². The van der Waals surface area contributed by atoms with Crippen LogP contribution in [-0.2, 0) is 20.0 Å². The van der Waals surface area contributed by atoms with Crippen molar-refractivity contribution in [3.05, 3.63) is 59.9 Å². The highest BCUT2D eigenvalue weighted by molar-refractivity contribution is 5.75. The molecule has 0 radical (unpaired) electrons. The molecule has 5 nitrogen and oxygen atoms in total.